The van der Waals surface area contributed by atoms with Crippen molar-refractivity contribution in [1.29, 1.82) is 0 Å². The number of amidine groups is 1. The van der Waals surface area contributed by atoms with E-state index in [9.17, 15) is 9.59 Å². The van der Waals surface area contributed by atoms with Crippen molar-refractivity contribution in [2.45, 2.75) is 19.3 Å². The first-order valence-electron chi connectivity index (χ1n) is 7.58. The number of hydrazone groups is 1. The molecule has 4 rings (SSSR count). The number of carbonyl (C=O) groups is 2. The van der Waals surface area contributed by atoms with Crippen molar-refractivity contribution in [3.8, 4) is 0 Å². The van der Waals surface area contributed by atoms with Crippen LogP contribution in [0, 0.1) is 0 Å². The lowest BCUT2D eigenvalue weighted by Crippen LogP contribution is -2.28. The van der Waals surface area contributed by atoms with Crippen molar-refractivity contribution in [3.05, 3.63) is 28.3 Å². The number of anilines is 1. The molecule has 0 bridgehead atoms. The van der Waals surface area contributed by atoms with E-state index in [1.807, 2.05) is 6.07 Å². The molecule has 3 heterocycles. The first-order chi connectivity index (χ1) is 11.2. The largest absolute Gasteiger partial charge is 0.370 e. The SMILES string of the molecule is O=C1c2ccc(N3CCCC3)c(Cl)c2C(=O)N1/N=C1\CCON1. The Morgan fingerprint density at radius 1 is 1.17 bits per heavy atom. The van der Waals surface area contributed by atoms with Crippen LogP contribution in [-0.2, 0) is 4.84 Å². The normalized spacial score (nSPS) is 22.2. The second-order valence-corrected chi connectivity index (χ2v) is 6.06. The smallest absolute Gasteiger partial charge is 0.283 e. The molecule has 0 aliphatic carbocycles. The topological polar surface area (TPSA) is 74.2 Å². The van der Waals surface area contributed by atoms with Crippen LogP contribution in [-0.4, -0.2) is 42.4 Å². The number of hydrogen-bond donors (Lipinski definition) is 1. The monoisotopic (exact) mass is 334 g/mol. The number of amides is 2. The molecule has 7 nitrogen and oxygen atoms in total. The summed E-state index contributed by atoms with van der Waals surface area (Å²) in [6.07, 6.45) is 2.73. The second-order valence-electron chi connectivity index (χ2n) is 5.68. The summed E-state index contributed by atoms with van der Waals surface area (Å²) in [6, 6.07) is 3.47. The van der Waals surface area contributed by atoms with Gasteiger partial charge in [0, 0.05) is 19.5 Å². The number of nitrogens with zero attached hydrogens (tertiary/aromatic N) is 3. The van der Waals surface area contributed by atoms with Gasteiger partial charge in [-0.25, -0.2) is 0 Å². The summed E-state index contributed by atoms with van der Waals surface area (Å²) in [7, 11) is 0. The maximum Gasteiger partial charge on any atom is 0.283 e. The molecule has 0 unspecified atom stereocenters. The molecule has 0 aromatic heterocycles. The van der Waals surface area contributed by atoms with Gasteiger partial charge in [-0.15, -0.1) is 5.10 Å². The highest BCUT2D eigenvalue weighted by Crippen LogP contribution is 2.37. The van der Waals surface area contributed by atoms with Crippen LogP contribution in [0.25, 0.3) is 0 Å². The van der Waals surface area contributed by atoms with Crippen LogP contribution in [0.3, 0.4) is 0 Å². The highest BCUT2D eigenvalue weighted by molar-refractivity contribution is 6.39. The molecule has 23 heavy (non-hydrogen) atoms. The van der Waals surface area contributed by atoms with Crippen LogP contribution in [0.15, 0.2) is 17.2 Å². The minimum Gasteiger partial charge on any atom is -0.370 e. The standard InChI is InChI=1S/C15H15ClN4O3/c16-13-10(19-6-1-2-7-19)4-3-9-12(13)15(22)20(14(9)21)17-11-5-8-23-18-11/h3-4H,1-2,5-8H2,(H,17,18). The van der Waals surface area contributed by atoms with Gasteiger partial charge in [0.05, 0.1) is 28.4 Å². The van der Waals surface area contributed by atoms with E-state index in [4.69, 9.17) is 16.4 Å². The molecule has 1 aromatic rings. The van der Waals surface area contributed by atoms with Crippen LogP contribution in [0.4, 0.5) is 5.69 Å². The number of rotatable bonds is 2. The summed E-state index contributed by atoms with van der Waals surface area (Å²) < 4.78 is 0. The minimum atomic E-state index is -0.489. The Hall–Kier alpha value is -2.12. The summed E-state index contributed by atoms with van der Waals surface area (Å²) in [5, 5.41) is 5.26. The molecule has 3 aliphatic heterocycles. The summed E-state index contributed by atoms with van der Waals surface area (Å²) >= 11 is 6.45. The first kappa shape index (κ1) is 14.5. The van der Waals surface area contributed by atoms with Gasteiger partial charge in [0.15, 0.2) is 0 Å². The number of halogens is 1. The van der Waals surface area contributed by atoms with Crippen molar-refractivity contribution in [1.82, 2.24) is 10.5 Å². The second kappa shape index (κ2) is 5.50. The zero-order valence-corrected chi connectivity index (χ0v) is 13.1. The van der Waals surface area contributed by atoms with Crippen molar-refractivity contribution in [2.75, 3.05) is 24.6 Å². The fourth-order valence-electron chi connectivity index (χ4n) is 3.08. The number of hydrogen-bond acceptors (Lipinski definition) is 5. The van der Waals surface area contributed by atoms with Gasteiger partial charge < -0.3 is 4.90 Å². The van der Waals surface area contributed by atoms with Gasteiger partial charge in [0.25, 0.3) is 11.8 Å². The fourth-order valence-corrected chi connectivity index (χ4v) is 3.45. The number of hydroxylamine groups is 1. The van der Waals surface area contributed by atoms with Crippen LogP contribution in [0.2, 0.25) is 5.02 Å². The number of benzene rings is 1. The number of nitrogens with one attached hydrogen (secondary N) is 1. The van der Waals surface area contributed by atoms with E-state index in [0.29, 0.717) is 29.4 Å². The van der Waals surface area contributed by atoms with E-state index in [0.717, 1.165) is 36.6 Å². The van der Waals surface area contributed by atoms with E-state index in [1.54, 1.807) is 6.07 Å². The zero-order valence-electron chi connectivity index (χ0n) is 12.3. The molecule has 0 radical (unpaired) electrons. The zero-order chi connectivity index (χ0) is 16.0. The third kappa shape index (κ3) is 2.27. The molecule has 8 heteroatoms. The average Bonchev–Trinajstić information content (AvgIpc) is 3.27. The number of imide groups is 1. The average molecular weight is 335 g/mol. The minimum absolute atomic E-state index is 0.240. The maximum absolute atomic E-state index is 12.6. The third-order valence-corrected chi connectivity index (χ3v) is 4.63. The lowest BCUT2D eigenvalue weighted by atomic mass is 10.1. The van der Waals surface area contributed by atoms with Gasteiger partial charge >= 0.3 is 0 Å². The Balaban J connectivity index is 1.72. The van der Waals surface area contributed by atoms with Crippen LogP contribution >= 0.6 is 11.6 Å². The van der Waals surface area contributed by atoms with Crippen LogP contribution in [0.5, 0.6) is 0 Å². The predicted octanol–water partition coefficient (Wildman–Crippen LogP) is 1.77. The lowest BCUT2D eigenvalue weighted by molar-refractivity contribution is 0.0655. The Morgan fingerprint density at radius 3 is 2.65 bits per heavy atom. The highest BCUT2D eigenvalue weighted by atomic mass is 35.5. The Bertz CT molecular complexity index is 720. The van der Waals surface area contributed by atoms with E-state index in [-0.39, 0.29) is 5.56 Å². The van der Waals surface area contributed by atoms with Gasteiger partial charge in [-0.05, 0) is 25.0 Å². The van der Waals surface area contributed by atoms with Gasteiger partial charge in [-0.1, -0.05) is 11.6 Å². The summed E-state index contributed by atoms with van der Waals surface area (Å²) in [4.78, 5) is 32.1. The Morgan fingerprint density at radius 2 is 1.96 bits per heavy atom. The molecular weight excluding hydrogens is 320 g/mol. The molecule has 3 aliphatic rings. The molecule has 0 atom stereocenters. The van der Waals surface area contributed by atoms with Gasteiger partial charge in [0.2, 0.25) is 0 Å². The van der Waals surface area contributed by atoms with E-state index >= 15 is 0 Å². The quantitative estimate of drug-likeness (QED) is 0.834. The molecule has 2 fully saturated rings. The molecule has 0 saturated carbocycles. The Labute approximate surface area is 137 Å². The molecule has 1 N–H and O–H groups in total. The van der Waals surface area contributed by atoms with E-state index in [2.05, 4.69) is 15.5 Å². The fraction of sp³-hybridized carbons (Fsp3) is 0.400. The van der Waals surface area contributed by atoms with Crippen LogP contribution in [0.1, 0.15) is 40.0 Å². The molecule has 120 valence electrons. The van der Waals surface area contributed by atoms with E-state index < -0.39 is 11.8 Å². The number of carbonyl (C=O) groups excluding carboxylic acids is 2. The van der Waals surface area contributed by atoms with Gasteiger partial charge in [-0.3, -0.25) is 19.9 Å². The first-order valence-corrected chi connectivity index (χ1v) is 7.96. The Kier molecular flexibility index (Phi) is 3.46. The molecule has 2 saturated heterocycles. The van der Waals surface area contributed by atoms with Gasteiger partial charge in [0.1, 0.15) is 5.84 Å². The molecule has 1 aromatic carbocycles. The molecule has 0 spiro atoms. The van der Waals surface area contributed by atoms with Gasteiger partial charge in [-0.2, -0.15) is 5.01 Å². The molecule has 2 amide bonds. The van der Waals surface area contributed by atoms with Crippen molar-refractivity contribution in [3.63, 3.8) is 0 Å². The third-order valence-electron chi connectivity index (χ3n) is 4.25. The summed E-state index contributed by atoms with van der Waals surface area (Å²) in [5.74, 6) is -0.492. The summed E-state index contributed by atoms with van der Waals surface area (Å²) in [6.45, 7) is 2.28. The maximum atomic E-state index is 12.6. The highest BCUT2D eigenvalue weighted by Gasteiger charge is 2.39. The summed E-state index contributed by atoms with van der Waals surface area (Å²) in [5.41, 5.74) is 3.93. The van der Waals surface area contributed by atoms with Crippen molar-refractivity contribution >= 4 is 34.9 Å². The van der Waals surface area contributed by atoms with E-state index in [1.165, 1.54) is 0 Å². The van der Waals surface area contributed by atoms with Crippen molar-refractivity contribution in [2.24, 2.45) is 5.10 Å². The van der Waals surface area contributed by atoms with Crippen LogP contribution < -0.4 is 10.4 Å². The lowest BCUT2D eigenvalue weighted by Gasteiger charge is -2.19. The number of fused-ring (bicyclic) bond motifs is 1. The molecular formula is C15H15ClN4O3. The van der Waals surface area contributed by atoms with Crippen molar-refractivity contribution < 1.29 is 14.4 Å². The predicted molar refractivity (Wildman–Crippen MR) is 84.5 cm³/mol.